The molecule has 2 aromatic carbocycles. The second-order valence-electron chi connectivity index (χ2n) is 6.81. The highest BCUT2D eigenvalue weighted by Crippen LogP contribution is 2.23. The molecule has 0 saturated heterocycles. The fraction of sp³-hybridized carbons (Fsp3) is 0.364. The summed E-state index contributed by atoms with van der Waals surface area (Å²) in [7, 11) is 0. The van der Waals surface area contributed by atoms with Gasteiger partial charge >= 0.3 is 0 Å². The Morgan fingerprint density at radius 3 is 2.32 bits per heavy atom. The molecule has 6 heteroatoms. The maximum Gasteiger partial charge on any atom is 0.261 e. The highest BCUT2D eigenvalue weighted by molar-refractivity contribution is 6.32. The van der Waals surface area contributed by atoms with Crippen molar-refractivity contribution in [3.8, 4) is 5.75 Å². The summed E-state index contributed by atoms with van der Waals surface area (Å²) >= 11 is 6.10. The van der Waals surface area contributed by atoms with Crippen LogP contribution in [0.3, 0.4) is 0 Å². The second kappa shape index (κ2) is 10.7. The molecule has 0 heterocycles. The van der Waals surface area contributed by atoms with Crippen molar-refractivity contribution in [1.29, 1.82) is 0 Å². The first-order valence-electron chi connectivity index (χ1n) is 9.43. The number of nitrogens with one attached hydrogen (secondary N) is 1. The van der Waals surface area contributed by atoms with Crippen LogP contribution < -0.4 is 10.1 Å². The Labute approximate surface area is 171 Å². The smallest absolute Gasteiger partial charge is 0.261 e. The highest BCUT2D eigenvalue weighted by atomic mass is 35.5. The molecule has 0 radical (unpaired) electrons. The summed E-state index contributed by atoms with van der Waals surface area (Å²) in [5.74, 6) is 0.00547. The lowest BCUT2D eigenvalue weighted by Crippen LogP contribution is -2.51. The molecule has 0 fully saturated rings. The van der Waals surface area contributed by atoms with Gasteiger partial charge in [0.15, 0.2) is 6.61 Å². The van der Waals surface area contributed by atoms with Gasteiger partial charge in [-0.25, -0.2) is 0 Å². The van der Waals surface area contributed by atoms with E-state index in [1.807, 2.05) is 51.1 Å². The van der Waals surface area contributed by atoms with Gasteiger partial charge in [0.25, 0.3) is 5.91 Å². The van der Waals surface area contributed by atoms with E-state index in [2.05, 4.69) is 5.32 Å². The molecular weight excluding hydrogens is 376 g/mol. The molecule has 0 aliphatic rings. The van der Waals surface area contributed by atoms with Crippen molar-refractivity contribution in [2.45, 2.75) is 45.8 Å². The first kappa shape index (κ1) is 21.8. The molecule has 0 aliphatic carbocycles. The maximum absolute atomic E-state index is 13.0. The fourth-order valence-corrected chi connectivity index (χ4v) is 3.05. The molecule has 5 nitrogen and oxygen atoms in total. The number of hydrogen-bond donors (Lipinski definition) is 1. The van der Waals surface area contributed by atoms with Crippen molar-refractivity contribution in [2.75, 3.05) is 6.61 Å². The molecule has 1 N–H and O–H groups in total. The minimum absolute atomic E-state index is 0.00500. The molecule has 28 heavy (non-hydrogen) atoms. The Hall–Kier alpha value is -2.53. The van der Waals surface area contributed by atoms with Crippen molar-refractivity contribution in [2.24, 2.45) is 0 Å². The van der Waals surface area contributed by atoms with E-state index in [1.165, 1.54) is 0 Å². The molecule has 0 saturated carbocycles. The number of hydrogen-bond acceptors (Lipinski definition) is 3. The van der Waals surface area contributed by atoms with Crippen molar-refractivity contribution in [1.82, 2.24) is 10.2 Å². The third-order valence-electron chi connectivity index (χ3n) is 4.20. The van der Waals surface area contributed by atoms with E-state index < -0.39 is 6.04 Å². The summed E-state index contributed by atoms with van der Waals surface area (Å²) < 4.78 is 5.62. The number of amides is 2. The molecule has 1 atom stereocenters. The SMILES string of the molecule is CCC(C(=O)NC(C)C)N(Cc1ccccc1)C(=O)COc1ccccc1Cl. The average Bonchev–Trinajstić information content (AvgIpc) is 2.67. The van der Waals surface area contributed by atoms with Gasteiger partial charge in [-0.15, -0.1) is 0 Å². The molecule has 0 aromatic heterocycles. The van der Waals surface area contributed by atoms with Gasteiger partial charge in [-0.05, 0) is 38.0 Å². The second-order valence-corrected chi connectivity index (χ2v) is 7.22. The van der Waals surface area contributed by atoms with Gasteiger partial charge < -0.3 is 15.0 Å². The maximum atomic E-state index is 13.0. The standard InChI is InChI=1S/C22H27ClN2O3/c1-4-19(22(27)24-16(2)3)25(14-17-10-6-5-7-11-17)21(26)15-28-20-13-9-8-12-18(20)23/h5-13,16,19H,4,14-15H2,1-3H3,(H,24,27). The zero-order valence-corrected chi connectivity index (χ0v) is 17.3. The normalized spacial score (nSPS) is 11.8. The van der Waals surface area contributed by atoms with E-state index in [-0.39, 0.29) is 24.5 Å². The van der Waals surface area contributed by atoms with E-state index in [0.717, 1.165) is 5.56 Å². The average molecular weight is 403 g/mol. The lowest BCUT2D eigenvalue weighted by Gasteiger charge is -2.31. The Morgan fingerprint density at radius 2 is 1.71 bits per heavy atom. The molecule has 150 valence electrons. The number of halogens is 1. The molecule has 0 bridgehead atoms. The van der Waals surface area contributed by atoms with Crippen LogP contribution in [0, 0.1) is 0 Å². The van der Waals surface area contributed by atoms with E-state index in [1.54, 1.807) is 29.2 Å². The van der Waals surface area contributed by atoms with Crippen molar-refractivity contribution < 1.29 is 14.3 Å². The predicted molar refractivity (Wildman–Crippen MR) is 111 cm³/mol. The van der Waals surface area contributed by atoms with Crippen LogP contribution in [0.2, 0.25) is 5.02 Å². The summed E-state index contributed by atoms with van der Waals surface area (Å²) in [5.41, 5.74) is 0.949. The highest BCUT2D eigenvalue weighted by Gasteiger charge is 2.29. The molecular formula is C22H27ClN2O3. The summed E-state index contributed by atoms with van der Waals surface area (Å²) in [5, 5.41) is 3.34. The van der Waals surface area contributed by atoms with E-state index in [9.17, 15) is 9.59 Å². The van der Waals surface area contributed by atoms with Crippen LogP contribution in [-0.4, -0.2) is 35.4 Å². The van der Waals surface area contributed by atoms with Gasteiger partial charge in [-0.1, -0.05) is 61.0 Å². The number of nitrogens with zero attached hydrogens (tertiary/aromatic N) is 1. The molecule has 2 rings (SSSR count). The van der Waals surface area contributed by atoms with Gasteiger partial charge in [0.05, 0.1) is 5.02 Å². The molecule has 0 spiro atoms. The van der Waals surface area contributed by atoms with Gasteiger partial charge in [-0.3, -0.25) is 9.59 Å². The van der Waals surface area contributed by atoms with Crippen LogP contribution in [0.4, 0.5) is 0 Å². The predicted octanol–water partition coefficient (Wildman–Crippen LogP) is 4.05. The zero-order valence-electron chi connectivity index (χ0n) is 16.5. The Kier molecular flexibility index (Phi) is 8.33. The van der Waals surface area contributed by atoms with Gasteiger partial charge in [0.1, 0.15) is 11.8 Å². The zero-order chi connectivity index (χ0) is 20.5. The van der Waals surface area contributed by atoms with Crippen LogP contribution in [0.25, 0.3) is 0 Å². The Balaban J connectivity index is 2.19. The Morgan fingerprint density at radius 1 is 1.07 bits per heavy atom. The third kappa shape index (κ3) is 6.27. The summed E-state index contributed by atoms with van der Waals surface area (Å²) in [6.45, 7) is 5.82. The number of carbonyl (C=O) groups excluding carboxylic acids is 2. The first-order valence-corrected chi connectivity index (χ1v) is 9.81. The molecule has 0 aliphatic heterocycles. The quantitative estimate of drug-likeness (QED) is 0.688. The Bertz CT molecular complexity index is 780. The minimum atomic E-state index is -0.579. The fourth-order valence-electron chi connectivity index (χ4n) is 2.86. The minimum Gasteiger partial charge on any atom is -0.482 e. The van der Waals surface area contributed by atoms with Crippen molar-refractivity contribution in [3.63, 3.8) is 0 Å². The summed E-state index contributed by atoms with van der Waals surface area (Å²) in [4.78, 5) is 27.3. The van der Waals surface area contributed by atoms with E-state index in [0.29, 0.717) is 23.7 Å². The lowest BCUT2D eigenvalue weighted by atomic mass is 10.1. The number of rotatable bonds is 9. The third-order valence-corrected chi connectivity index (χ3v) is 4.51. The van der Waals surface area contributed by atoms with Crippen LogP contribution in [0.1, 0.15) is 32.8 Å². The number of benzene rings is 2. The van der Waals surface area contributed by atoms with Crippen LogP contribution in [-0.2, 0) is 16.1 Å². The number of para-hydroxylation sites is 1. The summed E-state index contributed by atoms with van der Waals surface area (Å²) in [6.07, 6.45) is 0.503. The topological polar surface area (TPSA) is 58.6 Å². The molecule has 1 unspecified atom stereocenters. The van der Waals surface area contributed by atoms with E-state index >= 15 is 0 Å². The largest absolute Gasteiger partial charge is 0.482 e. The van der Waals surface area contributed by atoms with E-state index in [4.69, 9.17) is 16.3 Å². The van der Waals surface area contributed by atoms with Gasteiger partial charge in [0.2, 0.25) is 5.91 Å². The van der Waals surface area contributed by atoms with Gasteiger partial charge in [0, 0.05) is 12.6 Å². The summed E-state index contributed by atoms with van der Waals surface area (Å²) in [6, 6.07) is 16.0. The van der Waals surface area contributed by atoms with Crippen molar-refractivity contribution >= 4 is 23.4 Å². The van der Waals surface area contributed by atoms with Crippen LogP contribution in [0.15, 0.2) is 54.6 Å². The molecule has 2 aromatic rings. The molecule has 2 amide bonds. The van der Waals surface area contributed by atoms with Crippen molar-refractivity contribution in [3.05, 3.63) is 65.2 Å². The van der Waals surface area contributed by atoms with Crippen LogP contribution >= 0.6 is 11.6 Å². The lowest BCUT2D eigenvalue weighted by molar-refractivity contribution is -0.143. The van der Waals surface area contributed by atoms with Gasteiger partial charge in [-0.2, -0.15) is 0 Å². The monoisotopic (exact) mass is 402 g/mol. The number of carbonyl (C=O) groups is 2. The van der Waals surface area contributed by atoms with Crippen LogP contribution in [0.5, 0.6) is 5.75 Å². The first-order chi connectivity index (χ1) is 13.4. The number of ether oxygens (including phenoxy) is 1.